The first-order valence-corrected chi connectivity index (χ1v) is 10.6. The molecule has 32 heavy (non-hydrogen) atoms. The van der Waals surface area contributed by atoms with Crippen LogP contribution < -0.4 is 19.5 Å². The Kier molecular flexibility index (Phi) is 4.98. The summed E-state index contributed by atoms with van der Waals surface area (Å²) >= 11 is 1.22. The normalized spacial score (nSPS) is 12.9. The topological polar surface area (TPSA) is 90.6 Å². The molecular formula is C25H16N4O2S. The van der Waals surface area contributed by atoms with Crippen LogP contribution in [0.2, 0.25) is 0 Å². The maximum Gasteiger partial charge on any atom is 0.267 e. The molecule has 1 aliphatic carbocycles. The van der Waals surface area contributed by atoms with Crippen LogP contribution in [-0.2, 0) is 0 Å². The van der Waals surface area contributed by atoms with Gasteiger partial charge < -0.3 is 9.72 Å². The van der Waals surface area contributed by atoms with Crippen LogP contribution in [0, 0.1) is 11.3 Å². The second-order valence-corrected chi connectivity index (χ2v) is 8.06. The maximum atomic E-state index is 12.9. The molecular weight excluding hydrogens is 420 g/mol. The molecule has 1 aliphatic rings. The number of aromatic nitrogens is 1. The summed E-state index contributed by atoms with van der Waals surface area (Å²) < 4.78 is 6.05. The highest BCUT2D eigenvalue weighted by Crippen LogP contribution is 2.42. The van der Waals surface area contributed by atoms with Crippen LogP contribution in [0.5, 0.6) is 5.75 Å². The van der Waals surface area contributed by atoms with Crippen molar-refractivity contribution in [1.82, 2.24) is 4.98 Å². The number of thiazole rings is 1. The van der Waals surface area contributed by atoms with E-state index in [9.17, 15) is 10.1 Å². The van der Waals surface area contributed by atoms with Gasteiger partial charge >= 0.3 is 0 Å². The summed E-state index contributed by atoms with van der Waals surface area (Å²) in [5.41, 5.74) is 5.45. The predicted molar refractivity (Wildman–Crippen MR) is 124 cm³/mol. The van der Waals surface area contributed by atoms with Gasteiger partial charge in [0.25, 0.3) is 5.56 Å². The lowest BCUT2D eigenvalue weighted by atomic mass is 10.1. The van der Waals surface area contributed by atoms with Crippen LogP contribution >= 0.6 is 11.3 Å². The smallest absolute Gasteiger partial charge is 0.267 e. The van der Waals surface area contributed by atoms with Crippen molar-refractivity contribution in [2.24, 2.45) is 10.2 Å². The molecule has 0 amide bonds. The van der Waals surface area contributed by atoms with E-state index in [1.54, 1.807) is 31.4 Å². The third kappa shape index (κ3) is 3.33. The number of fused-ring (bicyclic) bond motifs is 3. The second kappa shape index (κ2) is 8.10. The third-order valence-corrected chi connectivity index (χ3v) is 6.30. The molecule has 3 aromatic carbocycles. The number of nitriles is 1. The van der Waals surface area contributed by atoms with Crippen LogP contribution in [-0.4, -0.2) is 12.1 Å². The number of hydrogen-bond donors (Lipinski definition) is 1. The highest BCUT2D eigenvalue weighted by atomic mass is 32.1. The molecule has 154 valence electrons. The van der Waals surface area contributed by atoms with E-state index in [1.807, 2.05) is 42.5 Å². The summed E-state index contributed by atoms with van der Waals surface area (Å²) in [6.45, 7) is 0. The Hall–Kier alpha value is -4.28. The Morgan fingerprint density at radius 1 is 0.938 bits per heavy atom. The minimum Gasteiger partial charge on any atom is -0.497 e. The fourth-order valence-electron chi connectivity index (χ4n) is 3.74. The van der Waals surface area contributed by atoms with Crippen molar-refractivity contribution < 1.29 is 4.74 Å². The Morgan fingerprint density at radius 2 is 1.53 bits per heavy atom. The third-order valence-electron chi connectivity index (χ3n) is 5.21. The molecule has 6 nitrogen and oxygen atoms in total. The zero-order valence-electron chi connectivity index (χ0n) is 17.0. The average molecular weight is 436 g/mol. The number of rotatable bonds is 3. The summed E-state index contributed by atoms with van der Waals surface area (Å²) in [6, 6.07) is 25.1. The second-order valence-electron chi connectivity index (χ2n) is 7.04. The van der Waals surface area contributed by atoms with Gasteiger partial charge in [0.1, 0.15) is 21.0 Å². The number of methoxy groups -OCH3 is 1. The number of ether oxygens (including phenoxy) is 1. The predicted octanol–water partition coefficient (Wildman–Crippen LogP) is 4.09. The van der Waals surface area contributed by atoms with Crippen LogP contribution in [0.1, 0.15) is 11.1 Å². The van der Waals surface area contributed by atoms with Crippen molar-refractivity contribution in [3.63, 3.8) is 0 Å². The van der Waals surface area contributed by atoms with Gasteiger partial charge in [0.15, 0.2) is 5.70 Å². The summed E-state index contributed by atoms with van der Waals surface area (Å²) in [4.78, 5) is 15.7. The van der Waals surface area contributed by atoms with Gasteiger partial charge in [-0.1, -0.05) is 48.5 Å². The van der Waals surface area contributed by atoms with Crippen LogP contribution in [0.25, 0.3) is 22.4 Å². The molecule has 5 rings (SSSR count). The fourth-order valence-corrected chi connectivity index (χ4v) is 4.74. The summed E-state index contributed by atoms with van der Waals surface area (Å²) in [7, 11) is 1.59. The van der Waals surface area contributed by atoms with Gasteiger partial charge in [-0.2, -0.15) is 5.26 Å². The Balaban J connectivity index is 1.69. The number of aromatic amines is 1. The van der Waals surface area contributed by atoms with Gasteiger partial charge in [-0.3, -0.25) is 4.79 Å². The van der Waals surface area contributed by atoms with Crippen molar-refractivity contribution in [2.75, 3.05) is 7.11 Å². The zero-order valence-corrected chi connectivity index (χ0v) is 17.8. The van der Waals surface area contributed by atoms with Gasteiger partial charge in [0, 0.05) is 5.57 Å². The first-order chi connectivity index (χ1) is 15.7. The molecule has 0 unspecified atom stereocenters. The molecule has 7 heteroatoms. The van der Waals surface area contributed by atoms with E-state index in [1.165, 1.54) is 11.3 Å². The van der Waals surface area contributed by atoms with Crippen LogP contribution in [0.4, 0.5) is 5.69 Å². The SMILES string of the molecule is COc1ccc(N=N/C(C#N)=c2\[nH]c(=O)c(=C3c4ccccc4-c4ccccc43)s2)cc1. The van der Waals surface area contributed by atoms with Crippen LogP contribution in [0.15, 0.2) is 87.8 Å². The molecule has 0 radical (unpaired) electrons. The molecule has 0 aliphatic heterocycles. The van der Waals surface area contributed by atoms with E-state index in [0.717, 1.165) is 27.8 Å². The van der Waals surface area contributed by atoms with Gasteiger partial charge in [-0.25, -0.2) is 0 Å². The molecule has 1 heterocycles. The minimum atomic E-state index is -0.251. The van der Waals surface area contributed by atoms with Crippen molar-refractivity contribution in [1.29, 1.82) is 5.26 Å². The number of benzene rings is 3. The summed E-state index contributed by atoms with van der Waals surface area (Å²) in [5.74, 6) is 0.704. The minimum absolute atomic E-state index is 0.0503. The van der Waals surface area contributed by atoms with Gasteiger partial charge in [0.05, 0.1) is 12.8 Å². The Bertz CT molecular complexity index is 1540. The van der Waals surface area contributed by atoms with Crippen molar-refractivity contribution in [3.05, 3.63) is 103 Å². The van der Waals surface area contributed by atoms with E-state index < -0.39 is 0 Å². The van der Waals surface area contributed by atoms with Crippen LogP contribution in [0.3, 0.4) is 0 Å². The largest absolute Gasteiger partial charge is 0.497 e. The van der Waals surface area contributed by atoms with E-state index in [2.05, 4.69) is 27.3 Å². The lowest BCUT2D eigenvalue weighted by Gasteiger charge is -1.99. The average Bonchev–Trinajstić information content (AvgIpc) is 3.37. The molecule has 0 bridgehead atoms. The lowest BCUT2D eigenvalue weighted by molar-refractivity contribution is 0.415. The van der Waals surface area contributed by atoms with E-state index in [-0.39, 0.29) is 11.3 Å². The molecule has 0 fully saturated rings. The lowest BCUT2D eigenvalue weighted by Crippen LogP contribution is -2.23. The van der Waals surface area contributed by atoms with Gasteiger partial charge in [0.2, 0.25) is 0 Å². The molecule has 4 aromatic rings. The first-order valence-electron chi connectivity index (χ1n) is 9.82. The number of H-pyrrole nitrogens is 1. The van der Waals surface area contributed by atoms with E-state index >= 15 is 0 Å². The van der Waals surface area contributed by atoms with E-state index in [4.69, 9.17) is 4.74 Å². The molecule has 0 saturated carbocycles. The Morgan fingerprint density at radius 3 is 2.09 bits per heavy atom. The van der Waals surface area contributed by atoms with Crippen molar-refractivity contribution in [2.45, 2.75) is 0 Å². The number of azo groups is 1. The summed E-state index contributed by atoms with van der Waals surface area (Å²) in [5, 5.41) is 17.8. The standard InChI is InChI=1S/C25H16N4O2S/c1-31-16-12-10-15(11-13-16)28-29-21(14-26)25-27-24(30)23(32-25)22-19-8-4-2-6-17(19)18-7-3-5-9-20(18)22/h2-13H,1H3,(H,27,30)/b25-21+,29-28?. The number of nitrogens with zero attached hydrogens (tertiary/aromatic N) is 3. The van der Waals surface area contributed by atoms with Gasteiger partial charge in [-0.05, 0) is 46.5 Å². The molecule has 1 N–H and O–H groups in total. The molecule has 0 atom stereocenters. The first kappa shape index (κ1) is 19.7. The molecule has 0 saturated heterocycles. The molecule has 1 aromatic heterocycles. The Labute approximate surface area is 187 Å². The van der Waals surface area contributed by atoms with Gasteiger partial charge in [-0.15, -0.1) is 21.6 Å². The van der Waals surface area contributed by atoms with Crippen molar-refractivity contribution >= 4 is 28.3 Å². The quantitative estimate of drug-likeness (QED) is 0.432. The monoisotopic (exact) mass is 436 g/mol. The number of hydrogen-bond acceptors (Lipinski definition) is 6. The maximum absolute atomic E-state index is 12.9. The summed E-state index contributed by atoms with van der Waals surface area (Å²) in [6.07, 6.45) is 0. The molecule has 0 spiro atoms. The van der Waals surface area contributed by atoms with E-state index in [0.29, 0.717) is 20.6 Å². The highest BCUT2D eigenvalue weighted by molar-refractivity contribution is 7.07. The zero-order chi connectivity index (χ0) is 22.1. The fraction of sp³-hybridized carbons (Fsp3) is 0.0400. The highest BCUT2D eigenvalue weighted by Gasteiger charge is 2.24. The van der Waals surface area contributed by atoms with Crippen molar-refractivity contribution in [3.8, 4) is 22.9 Å². The number of nitrogens with one attached hydrogen (secondary N) is 1.